The molecule has 0 bridgehead atoms. The van der Waals surface area contributed by atoms with Crippen LogP contribution in [0.3, 0.4) is 0 Å². The van der Waals surface area contributed by atoms with Crippen LogP contribution in [0.15, 0.2) is 24.3 Å². The first-order valence-corrected chi connectivity index (χ1v) is 6.11. The second-order valence-corrected chi connectivity index (χ2v) is 5.57. The van der Waals surface area contributed by atoms with Crippen molar-refractivity contribution in [1.29, 1.82) is 0 Å². The first kappa shape index (κ1) is 13.4. The second kappa shape index (κ2) is 4.26. The number of halogens is 3. The predicted octanol–water partition coefficient (Wildman–Crippen LogP) is 3.81. The maximum atomic E-state index is 12.5. The van der Waals surface area contributed by atoms with Gasteiger partial charge in [-0.15, -0.1) is 0 Å². The van der Waals surface area contributed by atoms with E-state index < -0.39 is 11.7 Å². The Morgan fingerprint density at radius 2 is 1.72 bits per heavy atom. The Labute approximate surface area is 105 Å². The van der Waals surface area contributed by atoms with Crippen LogP contribution in [0.1, 0.15) is 37.3 Å². The molecule has 1 N–H and O–H groups in total. The highest BCUT2D eigenvalue weighted by Gasteiger charge is 2.47. The zero-order valence-electron chi connectivity index (χ0n) is 10.8. The normalized spacial score (nSPS) is 26.8. The largest absolute Gasteiger partial charge is 0.416 e. The fourth-order valence-corrected chi connectivity index (χ4v) is 2.89. The number of alkyl halides is 3. The molecule has 0 heterocycles. The number of hydrogen-bond acceptors (Lipinski definition) is 1. The maximum absolute atomic E-state index is 12.5. The van der Waals surface area contributed by atoms with E-state index >= 15 is 0 Å². The van der Waals surface area contributed by atoms with E-state index in [1.54, 1.807) is 12.1 Å². The smallest absolute Gasteiger partial charge is 0.316 e. The summed E-state index contributed by atoms with van der Waals surface area (Å²) in [4.78, 5) is 0. The van der Waals surface area contributed by atoms with Crippen LogP contribution >= 0.6 is 0 Å². The summed E-state index contributed by atoms with van der Waals surface area (Å²) >= 11 is 0. The highest BCUT2D eigenvalue weighted by Crippen LogP contribution is 2.52. The molecule has 0 spiro atoms. The molecule has 1 aliphatic rings. The van der Waals surface area contributed by atoms with Gasteiger partial charge in [-0.25, -0.2) is 0 Å². The predicted molar refractivity (Wildman–Crippen MR) is 65.4 cm³/mol. The number of benzene rings is 1. The van der Waals surface area contributed by atoms with Crippen molar-refractivity contribution in [2.45, 2.75) is 38.4 Å². The molecule has 0 radical (unpaired) electrons. The van der Waals surface area contributed by atoms with E-state index in [1.807, 2.05) is 7.05 Å². The molecule has 1 fully saturated rings. The summed E-state index contributed by atoms with van der Waals surface area (Å²) < 4.78 is 37.4. The van der Waals surface area contributed by atoms with E-state index in [9.17, 15) is 13.2 Å². The van der Waals surface area contributed by atoms with Crippen LogP contribution in [-0.4, -0.2) is 13.1 Å². The summed E-state index contributed by atoms with van der Waals surface area (Å²) in [5.41, 5.74) is 0.516. The van der Waals surface area contributed by atoms with Crippen LogP contribution in [-0.2, 0) is 6.18 Å². The quantitative estimate of drug-likeness (QED) is 0.849. The van der Waals surface area contributed by atoms with Gasteiger partial charge >= 0.3 is 6.18 Å². The first-order valence-electron chi connectivity index (χ1n) is 6.11. The van der Waals surface area contributed by atoms with Crippen LogP contribution in [0.25, 0.3) is 0 Å². The summed E-state index contributed by atoms with van der Waals surface area (Å²) in [6, 6.07) is 6.02. The summed E-state index contributed by atoms with van der Waals surface area (Å²) in [6.07, 6.45) is -3.27. The number of rotatable bonds is 2. The van der Waals surface area contributed by atoms with Gasteiger partial charge in [0, 0.05) is 6.04 Å². The van der Waals surface area contributed by atoms with Crippen molar-refractivity contribution in [2.75, 3.05) is 7.05 Å². The van der Waals surface area contributed by atoms with E-state index in [-0.39, 0.29) is 5.41 Å². The summed E-state index contributed by atoms with van der Waals surface area (Å²) in [5.74, 6) is 0.331. The average Bonchev–Trinajstić information content (AvgIpc) is 2.28. The Hall–Kier alpha value is -1.03. The third kappa shape index (κ3) is 2.14. The zero-order chi connectivity index (χ0) is 13.6. The molecule has 0 amide bonds. The minimum Gasteiger partial charge on any atom is -0.316 e. The van der Waals surface area contributed by atoms with E-state index in [4.69, 9.17) is 0 Å². The Balaban J connectivity index is 2.17. The molecule has 2 unspecified atom stereocenters. The highest BCUT2D eigenvalue weighted by molar-refractivity contribution is 5.31. The van der Waals surface area contributed by atoms with Gasteiger partial charge in [-0.2, -0.15) is 13.2 Å². The molecule has 2 atom stereocenters. The third-order valence-corrected chi connectivity index (χ3v) is 4.26. The van der Waals surface area contributed by atoms with Crippen molar-refractivity contribution in [3.63, 3.8) is 0 Å². The van der Waals surface area contributed by atoms with Crippen molar-refractivity contribution in [3.8, 4) is 0 Å². The summed E-state index contributed by atoms with van der Waals surface area (Å²) in [7, 11) is 1.93. The van der Waals surface area contributed by atoms with Gasteiger partial charge in [0.1, 0.15) is 0 Å². The van der Waals surface area contributed by atoms with Gasteiger partial charge in [0.25, 0.3) is 0 Å². The van der Waals surface area contributed by atoms with Crippen LogP contribution in [0.2, 0.25) is 0 Å². The molecular weight excluding hydrogens is 239 g/mol. The SMILES string of the molecule is CNC1CC(c2ccc(C(F)(F)F)cc2)C1(C)C. The van der Waals surface area contributed by atoms with Gasteiger partial charge in [0.15, 0.2) is 0 Å². The van der Waals surface area contributed by atoms with Gasteiger partial charge in [0.2, 0.25) is 0 Å². The molecule has 100 valence electrons. The van der Waals surface area contributed by atoms with Gasteiger partial charge in [-0.05, 0) is 42.5 Å². The molecule has 18 heavy (non-hydrogen) atoms. The molecule has 0 aromatic heterocycles. The molecule has 1 aromatic rings. The molecule has 1 aromatic carbocycles. The lowest BCUT2D eigenvalue weighted by molar-refractivity contribution is -0.137. The van der Waals surface area contributed by atoms with Crippen molar-refractivity contribution in [3.05, 3.63) is 35.4 Å². The van der Waals surface area contributed by atoms with Gasteiger partial charge in [-0.3, -0.25) is 0 Å². The first-order chi connectivity index (χ1) is 8.26. The summed E-state index contributed by atoms with van der Waals surface area (Å²) in [5, 5.41) is 3.25. The second-order valence-electron chi connectivity index (χ2n) is 5.57. The summed E-state index contributed by atoms with van der Waals surface area (Å²) in [6.45, 7) is 4.31. The Bertz CT molecular complexity index is 420. The fraction of sp³-hybridized carbons (Fsp3) is 0.571. The van der Waals surface area contributed by atoms with Gasteiger partial charge in [-0.1, -0.05) is 26.0 Å². The van der Waals surface area contributed by atoms with E-state index in [0.717, 1.165) is 12.0 Å². The average molecular weight is 257 g/mol. The van der Waals surface area contributed by atoms with Crippen LogP contribution < -0.4 is 5.32 Å². The number of hydrogen-bond donors (Lipinski definition) is 1. The van der Waals surface area contributed by atoms with E-state index in [0.29, 0.717) is 12.0 Å². The van der Waals surface area contributed by atoms with Crippen molar-refractivity contribution >= 4 is 0 Å². The van der Waals surface area contributed by atoms with Crippen LogP contribution in [0.4, 0.5) is 13.2 Å². The molecule has 1 aliphatic carbocycles. The Morgan fingerprint density at radius 1 is 1.17 bits per heavy atom. The molecule has 0 aliphatic heterocycles. The van der Waals surface area contributed by atoms with Crippen molar-refractivity contribution < 1.29 is 13.2 Å². The maximum Gasteiger partial charge on any atom is 0.416 e. The molecular formula is C14H18F3N. The minimum absolute atomic E-state index is 0.0918. The Morgan fingerprint density at radius 3 is 2.11 bits per heavy atom. The number of nitrogens with one attached hydrogen (secondary N) is 1. The van der Waals surface area contributed by atoms with Gasteiger partial charge < -0.3 is 5.32 Å². The van der Waals surface area contributed by atoms with Gasteiger partial charge in [0.05, 0.1) is 5.56 Å². The Kier molecular flexibility index (Phi) is 3.18. The molecule has 0 saturated heterocycles. The fourth-order valence-electron chi connectivity index (χ4n) is 2.89. The van der Waals surface area contributed by atoms with E-state index in [2.05, 4.69) is 19.2 Å². The lowest BCUT2D eigenvalue weighted by atomic mass is 9.56. The van der Waals surface area contributed by atoms with Crippen molar-refractivity contribution in [1.82, 2.24) is 5.32 Å². The molecule has 4 heteroatoms. The monoisotopic (exact) mass is 257 g/mol. The standard InChI is InChI=1S/C14H18F3N/c1-13(2)11(8-12(13)18-3)9-4-6-10(7-5-9)14(15,16)17/h4-7,11-12,18H,8H2,1-3H3. The minimum atomic E-state index is -4.25. The molecule has 1 nitrogen and oxygen atoms in total. The molecule has 1 saturated carbocycles. The van der Waals surface area contributed by atoms with Crippen LogP contribution in [0.5, 0.6) is 0 Å². The van der Waals surface area contributed by atoms with Crippen LogP contribution in [0, 0.1) is 5.41 Å². The lowest BCUT2D eigenvalue weighted by Gasteiger charge is -2.52. The highest BCUT2D eigenvalue weighted by atomic mass is 19.4. The zero-order valence-corrected chi connectivity index (χ0v) is 10.8. The lowest BCUT2D eigenvalue weighted by Crippen LogP contribution is -2.54. The third-order valence-electron chi connectivity index (χ3n) is 4.26. The van der Waals surface area contributed by atoms with E-state index in [1.165, 1.54) is 12.1 Å². The molecule has 2 rings (SSSR count). The topological polar surface area (TPSA) is 12.0 Å². The van der Waals surface area contributed by atoms with Crippen molar-refractivity contribution in [2.24, 2.45) is 5.41 Å².